The van der Waals surface area contributed by atoms with Gasteiger partial charge in [0.15, 0.2) is 5.78 Å². The Morgan fingerprint density at radius 3 is 2.35 bits per heavy atom. The van der Waals surface area contributed by atoms with Gasteiger partial charge < -0.3 is 15.4 Å². The highest BCUT2D eigenvalue weighted by Gasteiger charge is 2.16. The van der Waals surface area contributed by atoms with E-state index in [0.717, 1.165) is 0 Å². The van der Waals surface area contributed by atoms with Gasteiger partial charge in [0.2, 0.25) is 5.91 Å². The third-order valence-electron chi connectivity index (χ3n) is 3.37. The van der Waals surface area contributed by atoms with Gasteiger partial charge in [-0.2, -0.15) is 0 Å². The molecule has 0 saturated heterocycles. The minimum absolute atomic E-state index is 0.0152. The Bertz CT molecular complexity index is 457. The average Bonchev–Trinajstić information content (AvgIpc) is 2.50. The van der Waals surface area contributed by atoms with E-state index in [1.54, 1.807) is 43.3 Å². The summed E-state index contributed by atoms with van der Waals surface area (Å²) in [6, 6.07) is 6.86. The fourth-order valence-electron chi connectivity index (χ4n) is 1.72. The number of carbonyl (C=O) groups excluding carboxylic acids is 2. The van der Waals surface area contributed by atoms with Gasteiger partial charge in [-0.05, 0) is 31.2 Å². The number of nitrogens with two attached hydrogens (primary N) is 1. The van der Waals surface area contributed by atoms with Crippen molar-refractivity contribution in [1.82, 2.24) is 4.90 Å². The van der Waals surface area contributed by atoms with Crippen molar-refractivity contribution in [2.24, 2.45) is 5.73 Å². The molecule has 0 bridgehead atoms. The van der Waals surface area contributed by atoms with Crippen molar-refractivity contribution in [3.05, 3.63) is 29.8 Å². The summed E-state index contributed by atoms with van der Waals surface area (Å²) in [5.41, 5.74) is 6.10. The van der Waals surface area contributed by atoms with Gasteiger partial charge >= 0.3 is 0 Å². The summed E-state index contributed by atoms with van der Waals surface area (Å²) in [5.74, 6) is 0.591. The van der Waals surface area contributed by atoms with E-state index in [0.29, 0.717) is 17.9 Å². The number of carbonyl (C=O) groups is 2. The van der Waals surface area contributed by atoms with E-state index in [9.17, 15) is 9.59 Å². The molecule has 0 saturated carbocycles. The lowest BCUT2D eigenvalue weighted by Gasteiger charge is -2.23. The molecule has 0 spiro atoms. The van der Waals surface area contributed by atoms with Crippen LogP contribution in [0.2, 0.25) is 0 Å². The third kappa shape index (κ3) is 4.35. The molecule has 1 unspecified atom stereocenters. The number of nitrogens with zero attached hydrogens (tertiary/aromatic N) is 1. The zero-order valence-electron chi connectivity index (χ0n) is 12.3. The van der Waals surface area contributed by atoms with Crippen molar-refractivity contribution >= 4 is 11.7 Å². The van der Waals surface area contributed by atoms with Crippen molar-refractivity contribution in [1.29, 1.82) is 0 Å². The molecule has 0 heterocycles. The molecule has 0 aliphatic carbocycles. The number of hydrogen-bond acceptors (Lipinski definition) is 4. The van der Waals surface area contributed by atoms with Crippen LogP contribution in [0.1, 0.15) is 30.1 Å². The first-order chi connectivity index (χ1) is 9.49. The first-order valence-corrected chi connectivity index (χ1v) is 6.62. The highest BCUT2D eigenvalue weighted by molar-refractivity contribution is 5.98. The fraction of sp³-hybridized carbons (Fsp3) is 0.467. The summed E-state index contributed by atoms with van der Waals surface area (Å²) in [4.78, 5) is 25.4. The summed E-state index contributed by atoms with van der Waals surface area (Å²) in [5, 5.41) is 0. The Kier molecular flexibility index (Phi) is 6.18. The standard InChI is InChI=1S/C15H22N2O3/c1-11(10-16)17(2)15(19)9-8-14(18)12-4-6-13(20-3)7-5-12/h4-7,11H,8-10,16H2,1-3H3. The van der Waals surface area contributed by atoms with Crippen LogP contribution >= 0.6 is 0 Å². The molecule has 5 nitrogen and oxygen atoms in total. The molecule has 2 N–H and O–H groups in total. The Labute approximate surface area is 119 Å². The van der Waals surface area contributed by atoms with Crippen molar-refractivity contribution < 1.29 is 14.3 Å². The van der Waals surface area contributed by atoms with Gasteiger partial charge in [0, 0.05) is 38.0 Å². The van der Waals surface area contributed by atoms with Crippen LogP contribution in [0.15, 0.2) is 24.3 Å². The van der Waals surface area contributed by atoms with Gasteiger partial charge in [-0.25, -0.2) is 0 Å². The monoisotopic (exact) mass is 278 g/mol. The van der Waals surface area contributed by atoms with E-state index in [4.69, 9.17) is 10.5 Å². The molecule has 1 aromatic rings. The molecular weight excluding hydrogens is 256 g/mol. The van der Waals surface area contributed by atoms with Crippen molar-refractivity contribution in [3.63, 3.8) is 0 Å². The molecule has 0 aliphatic rings. The Hall–Kier alpha value is -1.88. The van der Waals surface area contributed by atoms with Crippen molar-refractivity contribution in [3.8, 4) is 5.75 Å². The van der Waals surface area contributed by atoms with Gasteiger partial charge in [-0.1, -0.05) is 0 Å². The van der Waals surface area contributed by atoms with Crippen LogP contribution in [0.3, 0.4) is 0 Å². The number of hydrogen-bond donors (Lipinski definition) is 1. The summed E-state index contributed by atoms with van der Waals surface area (Å²) in [6.45, 7) is 2.29. The SMILES string of the molecule is COc1ccc(C(=O)CCC(=O)N(C)C(C)CN)cc1. The number of likely N-dealkylation sites (N-methyl/N-ethyl adjacent to an activating group) is 1. The number of rotatable bonds is 7. The number of benzene rings is 1. The lowest BCUT2D eigenvalue weighted by molar-refractivity contribution is -0.131. The van der Waals surface area contributed by atoms with Crippen LogP contribution in [-0.2, 0) is 4.79 Å². The minimum Gasteiger partial charge on any atom is -0.497 e. The van der Waals surface area contributed by atoms with Crippen LogP contribution in [0.4, 0.5) is 0 Å². The fourth-order valence-corrected chi connectivity index (χ4v) is 1.72. The minimum atomic E-state index is -0.0650. The zero-order valence-corrected chi connectivity index (χ0v) is 12.3. The predicted octanol–water partition coefficient (Wildman–Crippen LogP) is 1.46. The number of amides is 1. The topological polar surface area (TPSA) is 72.6 Å². The second kappa shape index (κ2) is 7.65. The second-order valence-corrected chi connectivity index (χ2v) is 4.74. The van der Waals surface area contributed by atoms with E-state index in [-0.39, 0.29) is 30.6 Å². The molecule has 1 atom stereocenters. The first kappa shape index (κ1) is 16.2. The molecule has 1 aromatic carbocycles. The zero-order chi connectivity index (χ0) is 15.1. The molecule has 110 valence electrons. The summed E-state index contributed by atoms with van der Waals surface area (Å²) in [7, 11) is 3.28. The molecule has 5 heteroatoms. The van der Waals surface area contributed by atoms with Crippen LogP contribution in [0.5, 0.6) is 5.75 Å². The normalized spacial score (nSPS) is 11.8. The largest absolute Gasteiger partial charge is 0.497 e. The number of ether oxygens (including phenoxy) is 1. The number of ketones is 1. The summed E-state index contributed by atoms with van der Waals surface area (Å²) in [6.07, 6.45) is 0.401. The van der Waals surface area contributed by atoms with E-state index in [1.165, 1.54) is 0 Å². The smallest absolute Gasteiger partial charge is 0.223 e. The van der Waals surface area contributed by atoms with Gasteiger partial charge in [-0.15, -0.1) is 0 Å². The van der Waals surface area contributed by atoms with Gasteiger partial charge in [0.05, 0.1) is 7.11 Å². The Morgan fingerprint density at radius 2 is 1.85 bits per heavy atom. The van der Waals surface area contributed by atoms with E-state index in [2.05, 4.69) is 0 Å². The maximum Gasteiger partial charge on any atom is 0.223 e. The lowest BCUT2D eigenvalue weighted by atomic mass is 10.1. The molecular formula is C15H22N2O3. The maximum atomic E-state index is 12.0. The van der Waals surface area contributed by atoms with E-state index >= 15 is 0 Å². The molecule has 20 heavy (non-hydrogen) atoms. The summed E-state index contributed by atoms with van der Waals surface area (Å²) < 4.78 is 5.03. The van der Waals surface area contributed by atoms with Gasteiger partial charge in [-0.3, -0.25) is 9.59 Å². The maximum absolute atomic E-state index is 12.0. The summed E-state index contributed by atoms with van der Waals surface area (Å²) >= 11 is 0. The van der Waals surface area contributed by atoms with Crippen LogP contribution in [0.25, 0.3) is 0 Å². The average molecular weight is 278 g/mol. The van der Waals surface area contributed by atoms with Crippen LogP contribution in [-0.4, -0.2) is 43.3 Å². The third-order valence-corrected chi connectivity index (χ3v) is 3.37. The Morgan fingerprint density at radius 1 is 1.25 bits per heavy atom. The quantitative estimate of drug-likeness (QED) is 0.766. The van der Waals surface area contributed by atoms with Gasteiger partial charge in [0.1, 0.15) is 5.75 Å². The van der Waals surface area contributed by atoms with Crippen molar-refractivity contribution in [2.75, 3.05) is 20.7 Å². The molecule has 0 aliphatic heterocycles. The highest BCUT2D eigenvalue weighted by Crippen LogP contribution is 2.13. The number of Topliss-reactive ketones (excluding diaryl/α,β-unsaturated/α-hetero) is 1. The van der Waals surface area contributed by atoms with Crippen molar-refractivity contribution in [2.45, 2.75) is 25.8 Å². The molecule has 0 fully saturated rings. The molecule has 1 amide bonds. The molecule has 0 radical (unpaired) electrons. The molecule has 0 aromatic heterocycles. The Balaban J connectivity index is 2.52. The highest BCUT2D eigenvalue weighted by atomic mass is 16.5. The van der Waals surface area contributed by atoms with Gasteiger partial charge in [0.25, 0.3) is 0 Å². The predicted molar refractivity (Wildman–Crippen MR) is 77.8 cm³/mol. The lowest BCUT2D eigenvalue weighted by Crippen LogP contribution is -2.39. The van der Waals surface area contributed by atoms with E-state index < -0.39 is 0 Å². The molecule has 1 rings (SSSR count). The van der Waals surface area contributed by atoms with Crippen LogP contribution in [0, 0.1) is 0 Å². The van der Waals surface area contributed by atoms with E-state index in [1.807, 2.05) is 6.92 Å². The van der Waals surface area contributed by atoms with Crippen LogP contribution < -0.4 is 10.5 Å². The first-order valence-electron chi connectivity index (χ1n) is 6.62. The second-order valence-electron chi connectivity index (χ2n) is 4.74. The number of methoxy groups -OCH3 is 1.